The molecule has 0 radical (unpaired) electrons. The van der Waals surface area contributed by atoms with Gasteiger partial charge in [-0.15, -0.1) is 11.3 Å². The van der Waals surface area contributed by atoms with Crippen molar-refractivity contribution in [1.29, 1.82) is 0 Å². The van der Waals surface area contributed by atoms with Gasteiger partial charge in [-0.3, -0.25) is 4.90 Å². The molecule has 15 heteroatoms. The minimum absolute atomic E-state index is 0.00209. The van der Waals surface area contributed by atoms with Gasteiger partial charge in [0.2, 0.25) is 0 Å². The van der Waals surface area contributed by atoms with E-state index in [0.717, 1.165) is 6.07 Å². The quantitative estimate of drug-likeness (QED) is 0.304. The lowest BCUT2D eigenvalue weighted by Crippen LogP contribution is -2.56. The number of carbonyl (C=O) groups excluding carboxylic acids is 1. The lowest BCUT2D eigenvalue weighted by atomic mass is 10.0. The molecule has 1 amide bonds. The maximum atomic E-state index is 14.0. The van der Waals surface area contributed by atoms with Gasteiger partial charge in [-0.2, -0.15) is 31.3 Å². The fourth-order valence-electron chi connectivity index (χ4n) is 5.10. The summed E-state index contributed by atoms with van der Waals surface area (Å²) in [4.78, 5) is 24.8. The number of oxazole rings is 1. The van der Waals surface area contributed by atoms with E-state index < -0.39 is 42.3 Å². The van der Waals surface area contributed by atoms with Crippen molar-refractivity contribution in [2.24, 2.45) is 0 Å². The van der Waals surface area contributed by atoms with Crippen molar-refractivity contribution in [3.05, 3.63) is 29.3 Å². The highest BCUT2D eigenvalue weighted by Crippen LogP contribution is 2.44. The summed E-state index contributed by atoms with van der Waals surface area (Å²) in [6.45, 7) is 3.80. The first-order chi connectivity index (χ1) is 18.6. The Morgan fingerprint density at radius 3 is 2.35 bits per heavy atom. The van der Waals surface area contributed by atoms with Crippen LogP contribution in [0.15, 0.2) is 28.1 Å². The van der Waals surface area contributed by atoms with E-state index in [1.807, 2.05) is 0 Å². The molecule has 4 heterocycles. The van der Waals surface area contributed by atoms with Crippen LogP contribution in [-0.2, 0) is 9.47 Å². The van der Waals surface area contributed by atoms with Crippen LogP contribution in [0, 0.1) is 0 Å². The number of fused-ring (bicyclic) bond motifs is 3. The maximum Gasteiger partial charge on any atom is 0.418 e. The van der Waals surface area contributed by atoms with Crippen molar-refractivity contribution in [3.8, 4) is 10.6 Å². The molecule has 40 heavy (non-hydrogen) atoms. The van der Waals surface area contributed by atoms with Crippen LogP contribution in [0.2, 0.25) is 0 Å². The van der Waals surface area contributed by atoms with Crippen LogP contribution >= 0.6 is 11.3 Å². The van der Waals surface area contributed by atoms with Crippen molar-refractivity contribution in [2.75, 3.05) is 24.6 Å². The van der Waals surface area contributed by atoms with Crippen molar-refractivity contribution >= 4 is 34.5 Å². The van der Waals surface area contributed by atoms with E-state index in [-0.39, 0.29) is 42.3 Å². The molecular formula is C25H26F6N4O4S. The number of carbonyl (C=O) groups is 1. The lowest BCUT2D eigenvalue weighted by molar-refractivity contribution is -0.257. The summed E-state index contributed by atoms with van der Waals surface area (Å²) in [5.74, 6) is 0. The van der Waals surface area contributed by atoms with Crippen LogP contribution in [0.1, 0.15) is 45.3 Å². The largest absolute Gasteiger partial charge is 0.444 e. The predicted molar refractivity (Wildman–Crippen MR) is 133 cm³/mol. The fraction of sp³-hybridized carbons (Fsp3) is 0.560. The first-order valence-electron chi connectivity index (χ1n) is 12.5. The number of hydrogen-bond donors (Lipinski definition) is 0. The third-order valence-corrected chi connectivity index (χ3v) is 7.38. The molecule has 0 spiro atoms. The number of halogens is 6. The van der Waals surface area contributed by atoms with Crippen molar-refractivity contribution in [3.63, 3.8) is 0 Å². The average Bonchev–Trinajstić information content (AvgIpc) is 3.55. The number of piperazine rings is 1. The molecule has 2 aliphatic heterocycles. The molecule has 3 unspecified atom stereocenters. The van der Waals surface area contributed by atoms with Gasteiger partial charge in [-0.25, -0.2) is 9.78 Å². The zero-order valence-electron chi connectivity index (χ0n) is 21.7. The molecule has 0 N–H and O–H groups in total. The van der Waals surface area contributed by atoms with E-state index >= 15 is 0 Å². The number of aromatic nitrogens is 2. The number of rotatable bonds is 5. The Morgan fingerprint density at radius 1 is 1.12 bits per heavy atom. The van der Waals surface area contributed by atoms with Gasteiger partial charge in [0.05, 0.1) is 17.6 Å². The SMILES string of the molecule is CC(C)(C)OC(=O)N1C2CCC1CN(c1nc3c(C(OCC(F)(F)F)C(F)(F)F)ccc(-c4nccs4)c3o1)C2. The highest BCUT2D eigenvalue weighted by Gasteiger charge is 2.47. The van der Waals surface area contributed by atoms with Crippen LogP contribution in [0.5, 0.6) is 0 Å². The Morgan fingerprint density at radius 2 is 1.80 bits per heavy atom. The molecule has 2 saturated heterocycles. The fourth-order valence-corrected chi connectivity index (χ4v) is 5.76. The van der Waals surface area contributed by atoms with Gasteiger partial charge >= 0.3 is 18.4 Å². The second-order valence-corrected chi connectivity index (χ2v) is 11.6. The first-order valence-corrected chi connectivity index (χ1v) is 13.3. The molecule has 0 aliphatic carbocycles. The third kappa shape index (κ3) is 5.85. The summed E-state index contributed by atoms with van der Waals surface area (Å²) in [7, 11) is 0. The predicted octanol–water partition coefficient (Wildman–Crippen LogP) is 6.72. The summed E-state index contributed by atoms with van der Waals surface area (Å²) in [5.41, 5.74) is -1.25. The average molecular weight is 593 g/mol. The van der Waals surface area contributed by atoms with Crippen LogP contribution in [-0.4, -0.2) is 70.7 Å². The number of benzene rings is 1. The van der Waals surface area contributed by atoms with Gasteiger partial charge in [0.15, 0.2) is 11.7 Å². The minimum atomic E-state index is -5.15. The molecule has 8 nitrogen and oxygen atoms in total. The first kappa shape index (κ1) is 28.5. The standard InChI is InChI=1S/C25H26F6N4O4S/c1-23(2,3)39-22(36)35-13-4-5-14(35)11-34(10-13)21-33-17-15(19(25(29,30)31)37-12-24(26,27)28)6-7-16(18(17)38-21)20-32-8-9-40-20/h6-9,13-14,19H,4-5,10-12H2,1-3H3. The van der Waals surface area contributed by atoms with E-state index in [0.29, 0.717) is 23.4 Å². The van der Waals surface area contributed by atoms with Crippen molar-refractivity contribution in [2.45, 2.75) is 69.8 Å². The number of hydrogen-bond acceptors (Lipinski definition) is 8. The maximum absolute atomic E-state index is 14.0. The highest BCUT2D eigenvalue weighted by atomic mass is 32.1. The molecule has 218 valence electrons. The number of alkyl halides is 6. The lowest BCUT2D eigenvalue weighted by Gasteiger charge is -2.40. The number of amides is 1. The number of nitrogens with zero attached hydrogens (tertiary/aromatic N) is 4. The summed E-state index contributed by atoms with van der Waals surface area (Å²) in [6.07, 6.45) is -10.6. The van der Waals surface area contributed by atoms with E-state index in [2.05, 4.69) is 14.7 Å². The molecule has 3 aromatic rings. The molecule has 3 atom stereocenters. The third-order valence-electron chi connectivity index (χ3n) is 6.58. The van der Waals surface area contributed by atoms with Crippen LogP contribution in [0.3, 0.4) is 0 Å². The number of thiazole rings is 1. The van der Waals surface area contributed by atoms with Crippen LogP contribution in [0.25, 0.3) is 21.7 Å². The number of ether oxygens (including phenoxy) is 2. The molecule has 0 saturated carbocycles. The molecule has 1 aromatic carbocycles. The summed E-state index contributed by atoms with van der Waals surface area (Å²) < 4.78 is 96.3. The van der Waals surface area contributed by atoms with E-state index in [1.54, 1.807) is 36.0 Å². The Bertz CT molecular complexity index is 1350. The normalized spacial score (nSPS) is 20.8. The van der Waals surface area contributed by atoms with Gasteiger partial charge in [-0.1, -0.05) is 6.07 Å². The Kier molecular flexibility index (Phi) is 7.18. The Hall–Kier alpha value is -3.07. The smallest absolute Gasteiger partial charge is 0.418 e. The molecule has 2 fully saturated rings. The topological polar surface area (TPSA) is 80.9 Å². The second-order valence-electron chi connectivity index (χ2n) is 10.7. The Balaban J connectivity index is 1.52. The highest BCUT2D eigenvalue weighted by molar-refractivity contribution is 7.13. The van der Waals surface area contributed by atoms with E-state index in [9.17, 15) is 31.1 Å². The summed E-state index contributed by atoms with van der Waals surface area (Å²) in [6, 6.07) is 1.88. The zero-order chi connectivity index (χ0) is 29.0. The van der Waals surface area contributed by atoms with E-state index in [4.69, 9.17) is 9.15 Å². The molecule has 2 bridgehead atoms. The van der Waals surface area contributed by atoms with Gasteiger partial charge in [-0.05, 0) is 39.7 Å². The molecule has 5 rings (SSSR count). The Labute approximate surface area is 228 Å². The van der Waals surface area contributed by atoms with Crippen LogP contribution in [0.4, 0.5) is 37.2 Å². The van der Waals surface area contributed by atoms with Gasteiger partial charge < -0.3 is 18.8 Å². The molecule has 2 aliphatic rings. The van der Waals surface area contributed by atoms with Crippen molar-refractivity contribution < 1.29 is 45.0 Å². The van der Waals surface area contributed by atoms with Gasteiger partial charge in [0.25, 0.3) is 6.01 Å². The van der Waals surface area contributed by atoms with E-state index in [1.165, 1.54) is 23.6 Å². The summed E-state index contributed by atoms with van der Waals surface area (Å²) in [5, 5.41) is 2.11. The summed E-state index contributed by atoms with van der Waals surface area (Å²) >= 11 is 1.22. The minimum Gasteiger partial charge on any atom is -0.444 e. The van der Waals surface area contributed by atoms with Crippen LogP contribution < -0.4 is 4.90 Å². The second kappa shape index (κ2) is 10.1. The molecule has 2 aromatic heterocycles. The van der Waals surface area contributed by atoms with Crippen molar-refractivity contribution in [1.82, 2.24) is 14.9 Å². The monoisotopic (exact) mass is 592 g/mol. The number of anilines is 1. The van der Waals surface area contributed by atoms with Gasteiger partial charge in [0, 0.05) is 30.2 Å². The molecular weight excluding hydrogens is 566 g/mol. The zero-order valence-corrected chi connectivity index (χ0v) is 22.5. The van der Waals surface area contributed by atoms with Gasteiger partial charge in [0.1, 0.15) is 22.7 Å².